The zero-order chi connectivity index (χ0) is 13.5. The molecule has 2 rings (SSSR count). The van der Waals surface area contributed by atoms with Gasteiger partial charge in [-0.15, -0.1) is 0 Å². The van der Waals surface area contributed by atoms with E-state index >= 15 is 0 Å². The van der Waals surface area contributed by atoms with Gasteiger partial charge in [0.25, 0.3) is 0 Å². The third-order valence-corrected chi connectivity index (χ3v) is 4.34. The van der Waals surface area contributed by atoms with Crippen LogP contribution >= 0.6 is 27.3 Å². The molecule has 0 saturated carbocycles. The van der Waals surface area contributed by atoms with Crippen LogP contribution in [0.5, 0.6) is 0 Å². The molecule has 1 aromatic carbocycles. The topological polar surface area (TPSA) is 12.0 Å². The van der Waals surface area contributed by atoms with Crippen LogP contribution in [0.15, 0.2) is 45.6 Å². The molecule has 0 radical (unpaired) electrons. The normalized spacial score (nSPS) is 12.5. The summed E-state index contributed by atoms with van der Waals surface area (Å²) >= 11 is 5.33. The molecule has 0 amide bonds. The van der Waals surface area contributed by atoms with Gasteiger partial charge < -0.3 is 5.32 Å². The van der Waals surface area contributed by atoms with Crippen molar-refractivity contribution in [2.75, 3.05) is 6.54 Å². The molecule has 1 heterocycles. The fourth-order valence-corrected chi connectivity index (χ4v) is 3.33. The van der Waals surface area contributed by atoms with Crippen LogP contribution in [0.4, 0.5) is 0 Å². The van der Waals surface area contributed by atoms with Crippen LogP contribution in [-0.4, -0.2) is 12.6 Å². The van der Waals surface area contributed by atoms with E-state index in [-0.39, 0.29) is 0 Å². The minimum atomic E-state index is 0.517. The van der Waals surface area contributed by atoms with Crippen LogP contribution in [0.3, 0.4) is 0 Å². The highest BCUT2D eigenvalue weighted by molar-refractivity contribution is 9.10. The second kappa shape index (κ2) is 7.83. The molecule has 0 bridgehead atoms. The molecule has 0 aliphatic heterocycles. The monoisotopic (exact) mass is 337 g/mol. The average molecular weight is 338 g/mol. The highest BCUT2D eigenvalue weighted by Crippen LogP contribution is 2.16. The third kappa shape index (κ3) is 5.09. The van der Waals surface area contributed by atoms with Gasteiger partial charge in [-0.25, -0.2) is 0 Å². The van der Waals surface area contributed by atoms with E-state index in [4.69, 9.17) is 0 Å². The molecule has 1 unspecified atom stereocenters. The number of hydrogen-bond acceptors (Lipinski definition) is 2. The van der Waals surface area contributed by atoms with E-state index in [0.717, 1.165) is 23.9 Å². The minimum Gasteiger partial charge on any atom is -0.313 e. The summed E-state index contributed by atoms with van der Waals surface area (Å²) in [5.41, 5.74) is 2.83. The highest BCUT2D eigenvalue weighted by Gasteiger charge is 2.10. The molecule has 19 heavy (non-hydrogen) atoms. The van der Waals surface area contributed by atoms with Crippen LogP contribution in [0.25, 0.3) is 0 Å². The van der Waals surface area contributed by atoms with Gasteiger partial charge in [0.05, 0.1) is 0 Å². The van der Waals surface area contributed by atoms with E-state index in [2.05, 4.69) is 69.3 Å². The molecule has 1 N–H and O–H groups in total. The van der Waals surface area contributed by atoms with Crippen molar-refractivity contribution < 1.29 is 0 Å². The second-order valence-electron chi connectivity index (χ2n) is 4.82. The van der Waals surface area contributed by atoms with E-state index in [9.17, 15) is 0 Å². The second-order valence-corrected chi connectivity index (χ2v) is 6.52. The molecule has 1 nitrogen and oxygen atoms in total. The zero-order valence-electron chi connectivity index (χ0n) is 11.2. The lowest BCUT2D eigenvalue weighted by Crippen LogP contribution is -2.33. The van der Waals surface area contributed by atoms with E-state index in [1.165, 1.54) is 17.5 Å². The smallest absolute Gasteiger partial charge is 0.0178 e. The van der Waals surface area contributed by atoms with E-state index in [1.807, 2.05) is 0 Å². The first-order valence-corrected chi connectivity index (χ1v) is 8.50. The maximum atomic E-state index is 3.66. The summed E-state index contributed by atoms with van der Waals surface area (Å²) in [4.78, 5) is 0. The van der Waals surface area contributed by atoms with E-state index in [0.29, 0.717) is 6.04 Å². The maximum Gasteiger partial charge on any atom is 0.0178 e. The first kappa shape index (κ1) is 14.8. The standard InChI is InChI=1S/C16H20BrNS/c1-2-7-18-16(11-14-6-8-19-12-14)10-13-4-3-5-15(17)9-13/h3-6,8-9,12,16,18H,2,7,10-11H2,1H3. The van der Waals surface area contributed by atoms with Crippen LogP contribution < -0.4 is 5.32 Å². The largest absolute Gasteiger partial charge is 0.313 e. The Morgan fingerprint density at radius 1 is 1.21 bits per heavy atom. The summed E-state index contributed by atoms with van der Waals surface area (Å²) in [5.74, 6) is 0. The summed E-state index contributed by atoms with van der Waals surface area (Å²) in [7, 11) is 0. The van der Waals surface area contributed by atoms with Crippen molar-refractivity contribution >= 4 is 27.3 Å². The Balaban J connectivity index is 2.00. The lowest BCUT2D eigenvalue weighted by molar-refractivity contribution is 0.505. The summed E-state index contributed by atoms with van der Waals surface area (Å²) in [5, 5.41) is 8.07. The molecule has 3 heteroatoms. The average Bonchev–Trinajstić information content (AvgIpc) is 2.89. The van der Waals surface area contributed by atoms with Crippen molar-refractivity contribution in [3.63, 3.8) is 0 Å². The van der Waals surface area contributed by atoms with Gasteiger partial charge in [0, 0.05) is 10.5 Å². The van der Waals surface area contributed by atoms with Gasteiger partial charge in [0.15, 0.2) is 0 Å². The van der Waals surface area contributed by atoms with Crippen LogP contribution in [0.1, 0.15) is 24.5 Å². The van der Waals surface area contributed by atoms with E-state index < -0.39 is 0 Å². The van der Waals surface area contributed by atoms with Gasteiger partial charge in [-0.3, -0.25) is 0 Å². The van der Waals surface area contributed by atoms with Crippen molar-refractivity contribution in [3.8, 4) is 0 Å². The summed E-state index contributed by atoms with van der Waals surface area (Å²) in [6.07, 6.45) is 3.37. The molecule has 0 aliphatic rings. The van der Waals surface area contributed by atoms with Crippen molar-refractivity contribution in [1.82, 2.24) is 5.32 Å². The van der Waals surface area contributed by atoms with Gasteiger partial charge in [0.2, 0.25) is 0 Å². The Morgan fingerprint density at radius 3 is 2.74 bits per heavy atom. The quantitative estimate of drug-likeness (QED) is 0.774. The Hall–Kier alpha value is -0.640. The first-order chi connectivity index (χ1) is 9.28. The predicted molar refractivity (Wildman–Crippen MR) is 88.0 cm³/mol. The van der Waals surface area contributed by atoms with Crippen LogP contribution in [0.2, 0.25) is 0 Å². The Kier molecular flexibility index (Phi) is 6.08. The lowest BCUT2D eigenvalue weighted by Gasteiger charge is -2.18. The highest BCUT2D eigenvalue weighted by atomic mass is 79.9. The van der Waals surface area contributed by atoms with Crippen molar-refractivity contribution in [3.05, 3.63) is 56.7 Å². The van der Waals surface area contributed by atoms with Gasteiger partial charge in [-0.1, -0.05) is 35.0 Å². The minimum absolute atomic E-state index is 0.517. The van der Waals surface area contributed by atoms with Crippen LogP contribution in [-0.2, 0) is 12.8 Å². The summed E-state index contributed by atoms with van der Waals surface area (Å²) in [6.45, 7) is 3.30. The number of thiophene rings is 1. The molecule has 0 aliphatic carbocycles. The van der Waals surface area contributed by atoms with E-state index in [1.54, 1.807) is 11.3 Å². The Bertz CT molecular complexity index is 481. The fourth-order valence-electron chi connectivity index (χ4n) is 2.21. The van der Waals surface area contributed by atoms with Gasteiger partial charge >= 0.3 is 0 Å². The van der Waals surface area contributed by atoms with Gasteiger partial charge in [0.1, 0.15) is 0 Å². The van der Waals surface area contributed by atoms with Crippen molar-refractivity contribution in [2.24, 2.45) is 0 Å². The molecular formula is C16H20BrNS. The Morgan fingerprint density at radius 2 is 2.05 bits per heavy atom. The molecule has 0 fully saturated rings. The number of rotatable bonds is 7. The predicted octanol–water partition coefficient (Wildman–Crippen LogP) is 4.66. The number of halogens is 1. The van der Waals surface area contributed by atoms with Crippen LogP contribution in [0, 0.1) is 0 Å². The summed E-state index contributed by atoms with van der Waals surface area (Å²) < 4.78 is 1.16. The molecule has 0 spiro atoms. The Labute approximate surface area is 128 Å². The third-order valence-electron chi connectivity index (χ3n) is 3.12. The number of nitrogens with one attached hydrogen (secondary N) is 1. The molecule has 2 aromatic rings. The number of hydrogen-bond donors (Lipinski definition) is 1. The van der Waals surface area contributed by atoms with Crippen molar-refractivity contribution in [1.29, 1.82) is 0 Å². The van der Waals surface area contributed by atoms with Gasteiger partial charge in [-0.05, 0) is 65.9 Å². The maximum absolute atomic E-state index is 3.66. The molecule has 1 aromatic heterocycles. The zero-order valence-corrected chi connectivity index (χ0v) is 13.6. The number of benzene rings is 1. The lowest BCUT2D eigenvalue weighted by atomic mass is 10.0. The molecular weight excluding hydrogens is 318 g/mol. The SMILES string of the molecule is CCCNC(Cc1ccsc1)Cc1cccc(Br)c1. The molecule has 0 saturated heterocycles. The van der Waals surface area contributed by atoms with Crippen molar-refractivity contribution in [2.45, 2.75) is 32.2 Å². The van der Waals surface area contributed by atoms with Gasteiger partial charge in [-0.2, -0.15) is 11.3 Å². The molecule has 102 valence electrons. The summed E-state index contributed by atoms with van der Waals surface area (Å²) in [6, 6.07) is 11.4. The first-order valence-electron chi connectivity index (χ1n) is 6.77. The molecule has 1 atom stereocenters. The fraction of sp³-hybridized carbons (Fsp3) is 0.375.